The van der Waals surface area contributed by atoms with Gasteiger partial charge in [-0.1, -0.05) is 25.1 Å². The molecule has 24 heavy (non-hydrogen) atoms. The van der Waals surface area contributed by atoms with Gasteiger partial charge in [0.15, 0.2) is 0 Å². The van der Waals surface area contributed by atoms with Crippen LogP contribution in [0.3, 0.4) is 0 Å². The van der Waals surface area contributed by atoms with Crippen LogP contribution in [0.15, 0.2) is 24.3 Å². The minimum Gasteiger partial charge on any atom is -0.496 e. The molecule has 0 saturated heterocycles. The van der Waals surface area contributed by atoms with Crippen molar-refractivity contribution in [2.45, 2.75) is 52.2 Å². The fourth-order valence-corrected chi connectivity index (χ4v) is 2.11. The Bertz CT molecular complexity index is 565. The molecule has 0 radical (unpaired) electrons. The standard InChI is InChI=1S/C18H27NO5/c1-12(14-9-7-8-10-15(14)22-6)13(2)23-16(20)11-19-17(21)24-18(3,4)5/h7-10,12-13H,11H2,1-6H3,(H,19,21)/t12-,13?/m1/s1. The Morgan fingerprint density at radius 2 is 1.79 bits per heavy atom. The fraction of sp³-hybridized carbons (Fsp3) is 0.556. The molecule has 1 amide bonds. The summed E-state index contributed by atoms with van der Waals surface area (Å²) in [5, 5.41) is 2.39. The van der Waals surface area contributed by atoms with Crippen LogP contribution in [-0.2, 0) is 14.3 Å². The first-order valence-electron chi connectivity index (χ1n) is 7.93. The van der Waals surface area contributed by atoms with Gasteiger partial charge in [0.25, 0.3) is 0 Å². The van der Waals surface area contributed by atoms with Crippen molar-refractivity contribution >= 4 is 12.1 Å². The lowest BCUT2D eigenvalue weighted by Crippen LogP contribution is -2.37. The van der Waals surface area contributed by atoms with E-state index in [9.17, 15) is 9.59 Å². The molecule has 0 spiro atoms. The van der Waals surface area contributed by atoms with E-state index in [1.165, 1.54) is 0 Å². The van der Waals surface area contributed by atoms with Crippen LogP contribution < -0.4 is 10.1 Å². The topological polar surface area (TPSA) is 73.9 Å². The molecule has 6 nitrogen and oxygen atoms in total. The maximum Gasteiger partial charge on any atom is 0.408 e. The van der Waals surface area contributed by atoms with Crippen LogP contribution in [-0.4, -0.2) is 37.4 Å². The lowest BCUT2D eigenvalue weighted by Gasteiger charge is -2.23. The van der Waals surface area contributed by atoms with Crippen molar-refractivity contribution in [3.05, 3.63) is 29.8 Å². The van der Waals surface area contributed by atoms with Crippen molar-refractivity contribution in [2.75, 3.05) is 13.7 Å². The third-order valence-corrected chi connectivity index (χ3v) is 3.43. The molecule has 0 saturated carbocycles. The van der Waals surface area contributed by atoms with Crippen molar-refractivity contribution in [3.63, 3.8) is 0 Å². The monoisotopic (exact) mass is 337 g/mol. The Morgan fingerprint density at radius 1 is 1.17 bits per heavy atom. The van der Waals surface area contributed by atoms with E-state index in [-0.39, 0.29) is 18.6 Å². The Hall–Kier alpha value is -2.24. The molecule has 0 bridgehead atoms. The highest BCUT2D eigenvalue weighted by Crippen LogP contribution is 2.29. The molecule has 0 fully saturated rings. The minimum atomic E-state index is -0.648. The molecule has 0 aliphatic rings. The fourth-order valence-electron chi connectivity index (χ4n) is 2.11. The molecule has 6 heteroatoms. The molecular weight excluding hydrogens is 310 g/mol. The second-order valence-corrected chi connectivity index (χ2v) is 6.58. The lowest BCUT2D eigenvalue weighted by atomic mass is 9.95. The van der Waals surface area contributed by atoms with Crippen LogP contribution in [0, 0.1) is 0 Å². The Kier molecular flexibility index (Phi) is 7.07. The number of alkyl carbamates (subject to hydrolysis) is 1. The molecule has 0 aliphatic carbocycles. The van der Waals surface area contributed by atoms with Crippen molar-refractivity contribution < 1.29 is 23.8 Å². The number of ether oxygens (including phenoxy) is 3. The summed E-state index contributed by atoms with van der Waals surface area (Å²) in [6.07, 6.45) is -1.01. The van der Waals surface area contributed by atoms with Gasteiger partial charge in [0.1, 0.15) is 24.0 Å². The number of hydrogen-bond donors (Lipinski definition) is 1. The number of esters is 1. The van der Waals surface area contributed by atoms with E-state index in [2.05, 4.69) is 5.32 Å². The van der Waals surface area contributed by atoms with Gasteiger partial charge in [0.2, 0.25) is 0 Å². The van der Waals surface area contributed by atoms with Crippen LogP contribution in [0.1, 0.15) is 46.1 Å². The van der Waals surface area contributed by atoms with Gasteiger partial charge in [0, 0.05) is 11.5 Å². The third kappa shape index (κ3) is 6.48. The minimum absolute atomic E-state index is 0.0494. The van der Waals surface area contributed by atoms with Gasteiger partial charge >= 0.3 is 12.1 Å². The molecule has 1 N–H and O–H groups in total. The molecule has 0 heterocycles. The van der Waals surface area contributed by atoms with E-state index in [0.717, 1.165) is 11.3 Å². The van der Waals surface area contributed by atoms with Gasteiger partial charge in [-0.05, 0) is 33.8 Å². The van der Waals surface area contributed by atoms with E-state index < -0.39 is 17.7 Å². The Morgan fingerprint density at radius 3 is 2.38 bits per heavy atom. The summed E-state index contributed by atoms with van der Waals surface area (Å²) in [6.45, 7) is 8.78. The summed E-state index contributed by atoms with van der Waals surface area (Å²) in [5.74, 6) is 0.182. The smallest absolute Gasteiger partial charge is 0.408 e. The summed E-state index contributed by atoms with van der Waals surface area (Å²) < 4.78 is 15.8. The molecule has 1 unspecified atom stereocenters. The normalized spacial score (nSPS) is 13.6. The molecule has 134 valence electrons. The molecule has 1 rings (SSSR count). The molecule has 0 aromatic heterocycles. The first-order valence-corrected chi connectivity index (χ1v) is 7.93. The maximum absolute atomic E-state index is 11.9. The summed E-state index contributed by atoms with van der Waals surface area (Å²) in [6, 6.07) is 7.60. The predicted octanol–water partition coefficient (Wildman–Crippen LogP) is 3.26. The number of rotatable bonds is 6. The average Bonchev–Trinajstić information content (AvgIpc) is 2.50. The number of para-hydroxylation sites is 1. The average molecular weight is 337 g/mol. The van der Waals surface area contributed by atoms with Crippen LogP contribution in [0.4, 0.5) is 4.79 Å². The second kappa shape index (κ2) is 8.57. The number of carbonyl (C=O) groups is 2. The lowest BCUT2D eigenvalue weighted by molar-refractivity contribution is -0.148. The highest BCUT2D eigenvalue weighted by atomic mass is 16.6. The number of methoxy groups -OCH3 is 1. The highest BCUT2D eigenvalue weighted by molar-refractivity contribution is 5.78. The summed E-state index contributed by atoms with van der Waals surface area (Å²) in [7, 11) is 1.60. The molecule has 1 aromatic rings. The number of hydrogen-bond acceptors (Lipinski definition) is 5. The first-order chi connectivity index (χ1) is 11.1. The SMILES string of the molecule is COc1ccccc1[C@H](C)C(C)OC(=O)CNC(=O)OC(C)(C)C. The van der Waals surface area contributed by atoms with Gasteiger partial charge in [-0.15, -0.1) is 0 Å². The van der Waals surface area contributed by atoms with Crippen molar-refractivity contribution in [1.82, 2.24) is 5.32 Å². The van der Waals surface area contributed by atoms with Crippen molar-refractivity contribution in [3.8, 4) is 5.75 Å². The third-order valence-electron chi connectivity index (χ3n) is 3.43. The molecule has 1 aromatic carbocycles. The number of benzene rings is 1. The van der Waals surface area contributed by atoms with E-state index in [1.807, 2.05) is 38.1 Å². The van der Waals surface area contributed by atoms with Gasteiger partial charge < -0.3 is 19.5 Å². The molecule has 0 aliphatic heterocycles. The predicted molar refractivity (Wildman–Crippen MR) is 91.2 cm³/mol. The van der Waals surface area contributed by atoms with E-state index in [4.69, 9.17) is 14.2 Å². The molecule has 2 atom stereocenters. The van der Waals surface area contributed by atoms with Gasteiger partial charge in [-0.3, -0.25) is 4.79 Å². The van der Waals surface area contributed by atoms with Gasteiger partial charge in [-0.25, -0.2) is 4.79 Å². The Labute approximate surface area is 143 Å². The quantitative estimate of drug-likeness (QED) is 0.807. The zero-order valence-electron chi connectivity index (χ0n) is 15.2. The summed E-state index contributed by atoms with van der Waals surface area (Å²) in [4.78, 5) is 23.4. The summed E-state index contributed by atoms with van der Waals surface area (Å²) in [5.41, 5.74) is 0.347. The van der Waals surface area contributed by atoms with Crippen LogP contribution in [0.5, 0.6) is 5.75 Å². The van der Waals surface area contributed by atoms with E-state index in [1.54, 1.807) is 27.9 Å². The van der Waals surface area contributed by atoms with Crippen LogP contribution in [0.25, 0.3) is 0 Å². The summed E-state index contributed by atoms with van der Waals surface area (Å²) >= 11 is 0. The second-order valence-electron chi connectivity index (χ2n) is 6.58. The van der Waals surface area contributed by atoms with Crippen molar-refractivity contribution in [2.24, 2.45) is 0 Å². The van der Waals surface area contributed by atoms with Crippen LogP contribution >= 0.6 is 0 Å². The highest BCUT2D eigenvalue weighted by Gasteiger charge is 2.22. The van der Waals surface area contributed by atoms with Gasteiger partial charge in [0.05, 0.1) is 7.11 Å². The number of amides is 1. The zero-order valence-corrected chi connectivity index (χ0v) is 15.2. The number of carbonyl (C=O) groups excluding carboxylic acids is 2. The van der Waals surface area contributed by atoms with E-state index in [0.29, 0.717) is 0 Å². The maximum atomic E-state index is 11.9. The van der Waals surface area contributed by atoms with E-state index >= 15 is 0 Å². The first kappa shape index (κ1) is 19.8. The number of nitrogens with one attached hydrogen (secondary N) is 1. The Balaban J connectivity index is 2.53. The zero-order chi connectivity index (χ0) is 18.3. The van der Waals surface area contributed by atoms with Crippen molar-refractivity contribution in [1.29, 1.82) is 0 Å². The van der Waals surface area contributed by atoms with Gasteiger partial charge in [-0.2, -0.15) is 0 Å². The van der Waals surface area contributed by atoms with Crippen LogP contribution in [0.2, 0.25) is 0 Å². The molecular formula is C18H27NO5. The largest absolute Gasteiger partial charge is 0.496 e.